The molecule has 73 valence electrons. The minimum atomic E-state index is 0.285. The van der Waals surface area contributed by atoms with Gasteiger partial charge in [-0.3, -0.25) is 0 Å². The van der Waals surface area contributed by atoms with Gasteiger partial charge < -0.3 is 0 Å². The summed E-state index contributed by atoms with van der Waals surface area (Å²) in [4.78, 5) is 7.67. The normalized spacial score (nSPS) is 10.7. The molecule has 0 amide bonds. The van der Waals surface area contributed by atoms with Crippen molar-refractivity contribution in [3.05, 3.63) is 47.7 Å². The molecule has 0 bridgehead atoms. The van der Waals surface area contributed by atoms with Crippen molar-refractivity contribution >= 4 is 23.2 Å². The fraction of sp³-hybridized carbons (Fsp3) is 0. The van der Waals surface area contributed by atoms with Crippen LogP contribution in [-0.2, 0) is 0 Å². The van der Waals surface area contributed by atoms with Crippen LogP contribution in [0.2, 0.25) is 5.02 Å². The third-order valence-electron chi connectivity index (χ3n) is 1.59. The first kappa shape index (κ1) is 9.73. The van der Waals surface area contributed by atoms with E-state index in [9.17, 15) is 0 Å². The second-order valence-corrected chi connectivity index (χ2v) is 3.10. The Kier molecular flexibility index (Phi) is 2.99. The Balaban J connectivity index is 2.15. The molecular formula is C10H6ClN4. The summed E-state index contributed by atoms with van der Waals surface area (Å²) in [5.41, 5.74) is 0.701. The van der Waals surface area contributed by atoms with Crippen molar-refractivity contribution in [2.45, 2.75) is 0 Å². The van der Waals surface area contributed by atoms with Crippen LogP contribution in [0.25, 0.3) is 0 Å². The Bertz CT molecular complexity index is 453. The van der Waals surface area contributed by atoms with Gasteiger partial charge in [-0.2, -0.15) is 0 Å². The molecular weight excluding hydrogens is 212 g/mol. The summed E-state index contributed by atoms with van der Waals surface area (Å²) in [6, 6.07) is 8.61. The summed E-state index contributed by atoms with van der Waals surface area (Å²) < 4.78 is 0. The van der Waals surface area contributed by atoms with Gasteiger partial charge in [0.25, 0.3) is 5.95 Å². The molecule has 1 aromatic carbocycles. The van der Waals surface area contributed by atoms with Crippen LogP contribution in [0.5, 0.6) is 0 Å². The topological polar surface area (TPSA) is 50.5 Å². The first-order chi connectivity index (χ1) is 7.34. The van der Waals surface area contributed by atoms with Gasteiger partial charge in [0.2, 0.25) is 0 Å². The van der Waals surface area contributed by atoms with Gasteiger partial charge in [-0.05, 0) is 30.3 Å². The van der Waals surface area contributed by atoms with E-state index >= 15 is 0 Å². The van der Waals surface area contributed by atoms with Crippen LogP contribution < -0.4 is 0 Å². The molecule has 0 fully saturated rings. The maximum Gasteiger partial charge on any atom is 0.269 e. The highest BCUT2D eigenvalue weighted by Crippen LogP contribution is 2.17. The van der Waals surface area contributed by atoms with Crippen LogP contribution in [0.3, 0.4) is 0 Å². The molecule has 0 N–H and O–H groups in total. The fourth-order valence-corrected chi connectivity index (χ4v) is 1.05. The number of nitrogens with zero attached hydrogens (tertiary/aromatic N) is 4. The molecule has 1 radical (unpaired) electrons. The van der Waals surface area contributed by atoms with E-state index in [1.807, 2.05) is 0 Å². The zero-order chi connectivity index (χ0) is 10.5. The number of rotatable bonds is 2. The summed E-state index contributed by atoms with van der Waals surface area (Å²) >= 11 is 5.73. The number of aromatic nitrogens is 2. The molecule has 2 rings (SSSR count). The third kappa shape index (κ3) is 2.82. The highest BCUT2D eigenvalue weighted by Gasteiger charge is 1.91. The van der Waals surface area contributed by atoms with Gasteiger partial charge in [-0.1, -0.05) is 11.6 Å². The average molecular weight is 218 g/mol. The number of halogens is 1. The second kappa shape index (κ2) is 4.61. The molecule has 0 saturated carbocycles. The molecule has 1 heterocycles. The van der Waals surface area contributed by atoms with Gasteiger partial charge in [-0.15, -0.1) is 10.2 Å². The molecule has 1 aromatic heterocycles. The van der Waals surface area contributed by atoms with Crippen molar-refractivity contribution in [2.75, 3.05) is 0 Å². The highest BCUT2D eigenvalue weighted by atomic mass is 35.5. The molecule has 0 unspecified atom stereocenters. The molecule has 0 aliphatic rings. The molecule has 5 heteroatoms. The number of hydrogen-bond donors (Lipinski definition) is 0. The highest BCUT2D eigenvalue weighted by molar-refractivity contribution is 6.30. The third-order valence-corrected chi connectivity index (χ3v) is 1.84. The van der Waals surface area contributed by atoms with Crippen molar-refractivity contribution in [3.63, 3.8) is 0 Å². The van der Waals surface area contributed by atoms with Crippen molar-refractivity contribution in [3.8, 4) is 0 Å². The number of azo groups is 1. The van der Waals surface area contributed by atoms with E-state index in [4.69, 9.17) is 11.6 Å². The lowest BCUT2D eigenvalue weighted by atomic mass is 10.3. The van der Waals surface area contributed by atoms with Crippen LogP contribution in [0.1, 0.15) is 0 Å². The summed E-state index contributed by atoms with van der Waals surface area (Å²) in [7, 11) is 0. The minimum absolute atomic E-state index is 0.285. The Labute approximate surface area is 91.7 Å². The van der Waals surface area contributed by atoms with Crippen molar-refractivity contribution in [2.24, 2.45) is 10.2 Å². The lowest BCUT2D eigenvalue weighted by Gasteiger charge is -1.91. The smallest absolute Gasteiger partial charge is 0.218 e. The average Bonchev–Trinajstić information content (AvgIpc) is 2.30. The van der Waals surface area contributed by atoms with Gasteiger partial charge in [-0.25, -0.2) is 9.97 Å². The SMILES string of the molecule is Clc1ccc(/N=N/c2n[c]ccn2)cc1. The number of hydrogen-bond acceptors (Lipinski definition) is 4. The first-order valence-corrected chi connectivity index (χ1v) is 4.59. The fourth-order valence-electron chi connectivity index (χ4n) is 0.920. The van der Waals surface area contributed by atoms with E-state index in [1.54, 1.807) is 36.5 Å². The van der Waals surface area contributed by atoms with Crippen LogP contribution in [0.4, 0.5) is 11.6 Å². The molecule has 4 nitrogen and oxygen atoms in total. The van der Waals surface area contributed by atoms with Crippen molar-refractivity contribution in [1.29, 1.82) is 0 Å². The molecule has 0 aliphatic heterocycles. The quantitative estimate of drug-likeness (QED) is 0.725. The summed E-state index contributed by atoms with van der Waals surface area (Å²) in [6.07, 6.45) is 4.18. The largest absolute Gasteiger partial charge is 0.269 e. The Morgan fingerprint density at radius 2 is 1.93 bits per heavy atom. The molecule has 2 aromatic rings. The maximum absolute atomic E-state index is 5.73. The first-order valence-electron chi connectivity index (χ1n) is 4.21. The van der Waals surface area contributed by atoms with E-state index in [2.05, 4.69) is 26.4 Å². The zero-order valence-corrected chi connectivity index (χ0v) is 8.39. The lowest BCUT2D eigenvalue weighted by molar-refractivity contribution is 1.06. The number of benzene rings is 1. The lowest BCUT2D eigenvalue weighted by Crippen LogP contribution is -1.75. The van der Waals surface area contributed by atoms with Crippen molar-refractivity contribution < 1.29 is 0 Å². The van der Waals surface area contributed by atoms with E-state index in [0.717, 1.165) is 0 Å². The van der Waals surface area contributed by atoms with E-state index < -0.39 is 0 Å². The Hall–Kier alpha value is -1.81. The van der Waals surface area contributed by atoms with E-state index in [0.29, 0.717) is 10.7 Å². The van der Waals surface area contributed by atoms with Gasteiger partial charge in [0, 0.05) is 11.2 Å². The summed E-state index contributed by atoms with van der Waals surface area (Å²) in [5.74, 6) is 0.285. The predicted molar refractivity (Wildman–Crippen MR) is 56.5 cm³/mol. The minimum Gasteiger partial charge on any atom is -0.218 e. The van der Waals surface area contributed by atoms with E-state index in [-0.39, 0.29) is 5.95 Å². The Morgan fingerprint density at radius 3 is 2.60 bits per heavy atom. The summed E-state index contributed by atoms with van der Waals surface area (Å²) in [5, 5.41) is 8.44. The molecule has 0 saturated heterocycles. The second-order valence-electron chi connectivity index (χ2n) is 2.66. The molecule has 0 atom stereocenters. The molecule has 15 heavy (non-hydrogen) atoms. The van der Waals surface area contributed by atoms with Crippen molar-refractivity contribution in [1.82, 2.24) is 9.97 Å². The maximum atomic E-state index is 5.73. The molecule has 0 aliphatic carbocycles. The predicted octanol–water partition coefficient (Wildman–Crippen LogP) is 3.35. The monoisotopic (exact) mass is 217 g/mol. The van der Waals surface area contributed by atoms with Gasteiger partial charge in [0.05, 0.1) is 11.9 Å². The van der Waals surface area contributed by atoms with Gasteiger partial charge in [0.1, 0.15) is 0 Å². The van der Waals surface area contributed by atoms with Crippen LogP contribution >= 0.6 is 11.6 Å². The summed E-state index contributed by atoms with van der Waals surface area (Å²) in [6.45, 7) is 0. The van der Waals surface area contributed by atoms with Gasteiger partial charge in [0.15, 0.2) is 0 Å². The van der Waals surface area contributed by atoms with E-state index in [1.165, 1.54) is 0 Å². The zero-order valence-electron chi connectivity index (χ0n) is 7.63. The van der Waals surface area contributed by atoms with Gasteiger partial charge >= 0.3 is 0 Å². The Morgan fingerprint density at radius 1 is 1.13 bits per heavy atom. The van der Waals surface area contributed by atoms with Crippen LogP contribution in [0.15, 0.2) is 46.8 Å². The van der Waals surface area contributed by atoms with Crippen LogP contribution in [-0.4, -0.2) is 9.97 Å². The molecule has 0 spiro atoms. The standard InChI is InChI=1S/C10H6ClN4/c11-8-2-4-9(5-3-8)14-15-10-12-6-1-7-13-10/h1-6H/b15-14+. The van der Waals surface area contributed by atoms with Crippen LogP contribution in [0, 0.1) is 6.20 Å².